The van der Waals surface area contributed by atoms with E-state index < -0.39 is 0 Å². The monoisotopic (exact) mass is 276 g/mol. The van der Waals surface area contributed by atoms with Gasteiger partial charge in [-0.1, -0.05) is 5.16 Å². The van der Waals surface area contributed by atoms with Crippen molar-refractivity contribution in [3.8, 4) is 5.75 Å². The first-order valence-electron chi connectivity index (χ1n) is 5.80. The first kappa shape index (κ1) is 11.9. The number of ether oxygens (including phenoxy) is 1. The molecule has 0 aliphatic carbocycles. The minimum Gasteiger partial charge on any atom is -0.497 e. The molecule has 1 N–H and O–H groups in total. The summed E-state index contributed by atoms with van der Waals surface area (Å²) < 4.78 is 12.6. The van der Waals surface area contributed by atoms with E-state index in [4.69, 9.17) is 21.5 Å². The Morgan fingerprint density at radius 3 is 3.11 bits per heavy atom. The number of nitrogens with one attached hydrogen (secondary N) is 1. The molecular weight excluding hydrogens is 264 g/mol. The Labute approximate surface area is 114 Å². The largest absolute Gasteiger partial charge is 0.497 e. The highest BCUT2D eigenvalue weighted by Gasteiger charge is 2.07. The molecule has 0 fully saturated rings. The molecule has 2 aromatic heterocycles. The van der Waals surface area contributed by atoms with Crippen molar-refractivity contribution in [3.63, 3.8) is 0 Å². The molecule has 0 aliphatic heterocycles. The van der Waals surface area contributed by atoms with Crippen molar-refractivity contribution >= 4 is 23.3 Å². The van der Waals surface area contributed by atoms with Crippen molar-refractivity contribution in [3.05, 3.63) is 35.2 Å². The molecule has 6 nitrogen and oxygen atoms in total. The fraction of sp³-hybridized carbons (Fsp3) is 0.250. The van der Waals surface area contributed by atoms with Gasteiger partial charge in [0.2, 0.25) is 6.39 Å². The predicted octanol–water partition coefficient (Wildman–Crippen LogP) is 2.33. The zero-order valence-electron chi connectivity index (χ0n) is 10.3. The smallest absolute Gasteiger partial charge is 0.213 e. The average Bonchev–Trinajstić information content (AvgIpc) is 3.03. The van der Waals surface area contributed by atoms with Gasteiger partial charge in [0, 0.05) is 19.0 Å². The Balaban J connectivity index is 1.97. The van der Waals surface area contributed by atoms with E-state index in [-0.39, 0.29) is 0 Å². The van der Waals surface area contributed by atoms with E-state index in [2.05, 4.69) is 15.1 Å². The lowest BCUT2D eigenvalue weighted by Gasteiger charge is -2.04. The number of methoxy groups -OCH3 is 1. The van der Waals surface area contributed by atoms with E-state index in [0.29, 0.717) is 23.6 Å². The summed E-state index contributed by atoms with van der Waals surface area (Å²) in [5, 5.41) is 3.79. The molecule has 0 amide bonds. The number of hydrogen-bond donors (Lipinski definition) is 1. The van der Waals surface area contributed by atoms with Crippen molar-refractivity contribution in [2.75, 3.05) is 7.11 Å². The normalized spacial score (nSPS) is 11.0. The second-order valence-corrected chi connectivity index (χ2v) is 4.45. The summed E-state index contributed by atoms with van der Waals surface area (Å²) in [7, 11) is 1.64. The maximum atomic E-state index is 5.33. The first-order chi connectivity index (χ1) is 9.28. The first-order valence-corrected chi connectivity index (χ1v) is 6.20. The van der Waals surface area contributed by atoms with Gasteiger partial charge in [0.15, 0.2) is 10.6 Å². The van der Waals surface area contributed by atoms with Crippen LogP contribution in [0.25, 0.3) is 11.0 Å². The van der Waals surface area contributed by atoms with Gasteiger partial charge in [0.1, 0.15) is 5.75 Å². The van der Waals surface area contributed by atoms with Gasteiger partial charge in [-0.2, -0.15) is 4.98 Å². The zero-order chi connectivity index (χ0) is 13.2. The quantitative estimate of drug-likeness (QED) is 0.741. The second-order valence-electron chi connectivity index (χ2n) is 4.06. The lowest BCUT2D eigenvalue weighted by molar-refractivity contribution is 0.408. The Morgan fingerprint density at radius 2 is 2.37 bits per heavy atom. The van der Waals surface area contributed by atoms with Crippen LogP contribution in [0.1, 0.15) is 5.82 Å². The van der Waals surface area contributed by atoms with Gasteiger partial charge in [-0.15, -0.1) is 0 Å². The van der Waals surface area contributed by atoms with Gasteiger partial charge in [0.05, 0.1) is 18.1 Å². The van der Waals surface area contributed by atoms with E-state index in [1.165, 1.54) is 6.39 Å². The maximum Gasteiger partial charge on any atom is 0.213 e. The van der Waals surface area contributed by atoms with Gasteiger partial charge in [0.25, 0.3) is 0 Å². The van der Waals surface area contributed by atoms with E-state index in [1.54, 1.807) is 7.11 Å². The fourth-order valence-corrected chi connectivity index (χ4v) is 2.30. The number of aromatic amines is 1. The number of fused-ring (bicyclic) bond motifs is 1. The van der Waals surface area contributed by atoms with Crippen molar-refractivity contribution in [2.45, 2.75) is 13.0 Å². The Kier molecular flexibility index (Phi) is 3.04. The third-order valence-electron chi connectivity index (χ3n) is 2.95. The molecule has 0 radical (unpaired) electrons. The molecule has 7 heteroatoms. The van der Waals surface area contributed by atoms with Crippen LogP contribution in [0.4, 0.5) is 0 Å². The number of H-pyrrole nitrogens is 1. The van der Waals surface area contributed by atoms with Crippen LogP contribution in [-0.2, 0) is 13.0 Å². The summed E-state index contributed by atoms with van der Waals surface area (Å²) in [6.45, 7) is 0.686. The van der Waals surface area contributed by atoms with Gasteiger partial charge >= 0.3 is 0 Å². The summed E-state index contributed by atoms with van der Waals surface area (Å²) in [5.41, 5.74) is 1.99. The minimum atomic E-state index is 0.662. The van der Waals surface area contributed by atoms with Crippen LogP contribution in [0.5, 0.6) is 5.75 Å². The van der Waals surface area contributed by atoms with Crippen LogP contribution in [0, 0.1) is 4.77 Å². The van der Waals surface area contributed by atoms with E-state index in [0.717, 1.165) is 16.8 Å². The predicted molar refractivity (Wildman–Crippen MR) is 71.7 cm³/mol. The lowest BCUT2D eigenvalue weighted by atomic mass is 10.3. The number of aromatic nitrogens is 4. The molecule has 3 aromatic rings. The molecule has 0 bridgehead atoms. The van der Waals surface area contributed by atoms with Gasteiger partial charge in [-0.05, 0) is 24.4 Å². The molecule has 0 unspecified atom stereocenters. The molecule has 0 atom stereocenters. The van der Waals surface area contributed by atoms with Crippen LogP contribution in [0.3, 0.4) is 0 Å². The maximum absolute atomic E-state index is 5.33. The summed E-state index contributed by atoms with van der Waals surface area (Å²) >= 11 is 5.33. The van der Waals surface area contributed by atoms with Crippen LogP contribution in [0.2, 0.25) is 0 Å². The van der Waals surface area contributed by atoms with E-state index in [1.807, 2.05) is 22.8 Å². The summed E-state index contributed by atoms with van der Waals surface area (Å²) in [5.74, 6) is 1.47. The number of hydrogen-bond acceptors (Lipinski definition) is 5. The SMILES string of the molecule is COc1ccc2[nH]c(=S)n(CCc3ncon3)c2c1. The third-order valence-corrected chi connectivity index (χ3v) is 3.27. The van der Waals surface area contributed by atoms with E-state index in [9.17, 15) is 0 Å². The van der Waals surface area contributed by atoms with Crippen molar-refractivity contribution in [1.29, 1.82) is 0 Å². The average molecular weight is 276 g/mol. The molecule has 1 aromatic carbocycles. The molecule has 3 rings (SSSR count). The number of imidazole rings is 1. The second kappa shape index (κ2) is 4.85. The molecular formula is C12H12N4O2S. The number of nitrogens with zero attached hydrogens (tertiary/aromatic N) is 3. The standard InChI is InChI=1S/C12H12N4O2S/c1-17-8-2-3-9-10(6-8)16(12(19)14-9)5-4-11-13-7-18-15-11/h2-3,6-7H,4-5H2,1H3,(H,14,19). The Hall–Kier alpha value is -2.15. The zero-order valence-corrected chi connectivity index (χ0v) is 11.1. The summed E-state index contributed by atoms with van der Waals surface area (Å²) in [6, 6.07) is 5.81. The fourth-order valence-electron chi connectivity index (χ4n) is 2.00. The highest BCUT2D eigenvalue weighted by atomic mass is 32.1. The van der Waals surface area contributed by atoms with Gasteiger partial charge < -0.3 is 18.8 Å². The summed E-state index contributed by atoms with van der Waals surface area (Å²) in [4.78, 5) is 7.17. The minimum absolute atomic E-state index is 0.662. The molecule has 98 valence electrons. The van der Waals surface area contributed by atoms with E-state index >= 15 is 0 Å². The molecule has 0 saturated carbocycles. The highest BCUT2D eigenvalue weighted by molar-refractivity contribution is 7.71. The Morgan fingerprint density at radius 1 is 1.47 bits per heavy atom. The van der Waals surface area contributed by atoms with Gasteiger partial charge in [-0.3, -0.25) is 0 Å². The van der Waals surface area contributed by atoms with Crippen LogP contribution >= 0.6 is 12.2 Å². The topological polar surface area (TPSA) is 68.9 Å². The molecule has 0 spiro atoms. The number of benzene rings is 1. The third kappa shape index (κ3) is 2.24. The molecule has 0 saturated heterocycles. The van der Waals surface area contributed by atoms with Crippen molar-refractivity contribution < 1.29 is 9.26 Å². The summed E-state index contributed by atoms with van der Waals surface area (Å²) in [6.07, 6.45) is 1.99. The highest BCUT2D eigenvalue weighted by Crippen LogP contribution is 2.20. The van der Waals surface area contributed by atoms with Crippen LogP contribution in [-0.4, -0.2) is 26.8 Å². The Bertz CT molecular complexity index is 745. The molecule has 0 aliphatic rings. The van der Waals surface area contributed by atoms with Crippen molar-refractivity contribution in [2.24, 2.45) is 0 Å². The lowest BCUT2D eigenvalue weighted by Crippen LogP contribution is -2.02. The molecule has 2 heterocycles. The van der Waals surface area contributed by atoms with Crippen LogP contribution in [0.15, 0.2) is 29.1 Å². The van der Waals surface area contributed by atoms with Gasteiger partial charge in [-0.25, -0.2) is 0 Å². The van der Waals surface area contributed by atoms with Crippen LogP contribution < -0.4 is 4.74 Å². The number of aryl methyl sites for hydroxylation is 2. The van der Waals surface area contributed by atoms with Crippen molar-refractivity contribution in [1.82, 2.24) is 19.7 Å². The molecule has 19 heavy (non-hydrogen) atoms. The number of rotatable bonds is 4.